The Morgan fingerprint density at radius 3 is 2.50 bits per heavy atom. The van der Waals surface area contributed by atoms with Crippen molar-refractivity contribution >= 4 is 36.6 Å². The molecule has 4 rings (SSSR count). The number of aromatic nitrogens is 5. The van der Waals surface area contributed by atoms with Crippen LogP contribution in [0.4, 0.5) is 0 Å². The predicted octanol–water partition coefficient (Wildman–Crippen LogP) is 6.01. The van der Waals surface area contributed by atoms with Gasteiger partial charge in [0.1, 0.15) is 3.70 Å². The van der Waals surface area contributed by atoms with Crippen molar-refractivity contribution in [1.82, 2.24) is 24.4 Å². The average Bonchev–Trinajstić information content (AvgIpc) is 3.28. The van der Waals surface area contributed by atoms with E-state index in [1.807, 2.05) is 23.8 Å². The molecule has 0 saturated heterocycles. The Morgan fingerprint density at radius 2 is 1.83 bits per heavy atom. The summed E-state index contributed by atoms with van der Waals surface area (Å²) in [4.78, 5) is 4.45. The van der Waals surface area contributed by atoms with Crippen LogP contribution < -0.4 is 0 Å². The van der Waals surface area contributed by atoms with Gasteiger partial charge in [-0.25, -0.2) is 9.50 Å². The highest BCUT2D eigenvalue weighted by atomic mass is 127. The normalized spacial score (nSPS) is 20.8. The second-order valence-corrected chi connectivity index (χ2v) is 15.9. The molecule has 0 radical (unpaired) electrons. The van der Waals surface area contributed by atoms with Gasteiger partial charge in [0.05, 0.1) is 24.1 Å². The molecule has 0 amide bonds. The molecule has 0 spiro atoms. The summed E-state index contributed by atoms with van der Waals surface area (Å²) in [5.74, 6) is 0. The number of hydrogen-bond acceptors (Lipinski definition) is 4. The Hall–Kier alpha value is -1.26. The molecule has 1 saturated carbocycles. The van der Waals surface area contributed by atoms with Gasteiger partial charge < -0.3 is 4.43 Å². The third kappa shape index (κ3) is 4.23. The zero-order chi connectivity index (χ0) is 21.7. The highest BCUT2D eigenvalue weighted by Gasteiger charge is 2.40. The molecule has 1 aliphatic rings. The van der Waals surface area contributed by atoms with Gasteiger partial charge in [0.25, 0.3) is 0 Å². The van der Waals surface area contributed by atoms with Crippen LogP contribution in [-0.2, 0) is 4.43 Å². The van der Waals surface area contributed by atoms with E-state index in [4.69, 9.17) is 14.6 Å². The Balaban J connectivity index is 1.45. The van der Waals surface area contributed by atoms with Crippen LogP contribution in [-0.4, -0.2) is 38.8 Å². The van der Waals surface area contributed by atoms with Crippen molar-refractivity contribution in [2.45, 2.75) is 83.7 Å². The highest BCUT2D eigenvalue weighted by molar-refractivity contribution is 14.1. The predicted molar refractivity (Wildman–Crippen MR) is 131 cm³/mol. The minimum atomic E-state index is -1.70. The topological polar surface area (TPSA) is 57.2 Å². The Bertz CT molecular complexity index is 1040. The Kier molecular flexibility index (Phi) is 5.86. The van der Waals surface area contributed by atoms with Crippen LogP contribution in [0.5, 0.6) is 0 Å². The lowest BCUT2D eigenvalue weighted by molar-refractivity contribution is 0.115. The summed E-state index contributed by atoms with van der Waals surface area (Å²) in [6.07, 6.45) is 10.9. The molecule has 1 aliphatic carbocycles. The molecule has 3 heterocycles. The molecule has 0 unspecified atom stereocenters. The first-order valence-corrected chi connectivity index (χ1v) is 14.8. The van der Waals surface area contributed by atoms with Crippen molar-refractivity contribution in [2.75, 3.05) is 0 Å². The molecular weight excluding hydrogens is 505 g/mol. The molecule has 8 heteroatoms. The number of rotatable bonds is 4. The molecule has 0 bridgehead atoms. The van der Waals surface area contributed by atoms with E-state index in [9.17, 15) is 0 Å². The van der Waals surface area contributed by atoms with Crippen LogP contribution in [0.15, 0.2) is 24.7 Å². The van der Waals surface area contributed by atoms with Crippen molar-refractivity contribution in [1.29, 1.82) is 0 Å². The standard InChI is InChI=1S/C22H32IN5OSi/c1-15-19(11-21-24-13-20(23)28(21)26-15)16-12-25-27(14-16)17-7-9-18(10-8-17)29-30(5,6)22(2,3)4/h11-14,17-18H,7-10H2,1-6H3. The molecule has 0 atom stereocenters. The van der Waals surface area contributed by atoms with E-state index in [1.54, 1.807) is 0 Å². The zero-order valence-electron chi connectivity index (χ0n) is 18.8. The number of aryl methyl sites for hydroxylation is 1. The first-order chi connectivity index (χ1) is 14.0. The lowest BCUT2D eigenvalue weighted by atomic mass is 9.93. The summed E-state index contributed by atoms with van der Waals surface area (Å²) in [6.45, 7) is 13.7. The maximum Gasteiger partial charge on any atom is 0.192 e. The first-order valence-electron chi connectivity index (χ1n) is 10.8. The van der Waals surface area contributed by atoms with Crippen LogP contribution >= 0.6 is 22.6 Å². The quantitative estimate of drug-likeness (QED) is 0.302. The molecule has 3 aromatic rings. The molecule has 1 fully saturated rings. The molecule has 162 valence electrons. The zero-order valence-corrected chi connectivity index (χ0v) is 22.0. The van der Waals surface area contributed by atoms with Crippen LogP contribution in [0, 0.1) is 10.6 Å². The Labute approximate surface area is 193 Å². The number of imidazole rings is 1. The largest absolute Gasteiger partial charge is 0.414 e. The maximum atomic E-state index is 6.65. The van der Waals surface area contributed by atoms with Gasteiger partial charge in [-0.3, -0.25) is 4.68 Å². The molecule has 30 heavy (non-hydrogen) atoms. The van der Waals surface area contributed by atoms with Crippen LogP contribution in [0.3, 0.4) is 0 Å². The van der Waals surface area contributed by atoms with Crippen molar-refractivity contribution < 1.29 is 4.43 Å². The molecular formula is C22H32IN5OSi. The van der Waals surface area contributed by atoms with Crippen LogP contribution in [0.1, 0.15) is 58.2 Å². The fraction of sp³-hybridized carbons (Fsp3) is 0.591. The maximum absolute atomic E-state index is 6.65. The lowest BCUT2D eigenvalue weighted by Gasteiger charge is -2.41. The molecule has 3 aromatic heterocycles. The van der Waals surface area contributed by atoms with Crippen LogP contribution in [0.2, 0.25) is 18.1 Å². The second-order valence-electron chi connectivity index (χ2n) is 10.0. The summed E-state index contributed by atoms with van der Waals surface area (Å²) in [5, 5.41) is 9.67. The van der Waals surface area contributed by atoms with Gasteiger partial charge in [-0.15, -0.1) is 0 Å². The summed E-state index contributed by atoms with van der Waals surface area (Å²) in [5.41, 5.74) is 4.08. The number of halogens is 1. The fourth-order valence-electron chi connectivity index (χ4n) is 3.96. The molecule has 0 N–H and O–H groups in total. The Morgan fingerprint density at radius 1 is 1.13 bits per heavy atom. The summed E-state index contributed by atoms with van der Waals surface area (Å²) < 4.78 is 11.7. The first kappa shape index (κ1) is 21.9. The average molecular weight is 538 g/mol. The minimum absolute atomic E-state index is 0.265. The summed E-state index contributed by atoms with van der Waals surface area (Å²) in [7, 11) is -1.70. The summed E-state index contributed by atoms with van der Waals surface area (Å²) in [6, 6.07) is 2.55. The number of hydrogen-bond donors (Lipinski definition) is 0. The van der Waals surface area contributed by atoms with E-state index >= 15 is 0 Å². The van der Waals surface area contributed by atoms with Gasteiger partial charge in [0.2, 0.25) is 0 Å². The lowest BCUT2D eigenvalue weighted by Crippen LogP contribution is -2.44. The number of fused-ring (bicyclic) bond motifs is 1. The van der Waals surface area contributed by atoms with E-state index in [0.717, 1.165) is 51.9 Å². The summed E-state index contributed by atoms with van der Waals surface area (Å²) >= 11 is 2.26. The van der Waals surface area contributed by atoms with Crippen LogP contribution in [0.25, 0.3) is 16.8 Å². The smallest absolute Gasteiger partial charge is 0.192 e. The van der Waals surface area contributed by atoms with Crippen molar-refractivity contribution in [2.24, 2.45) is 0 Å². The fourth-order valence-corrected chi connectivity index (χ4v) is 5.88. The second kappa shape index (κ2) is 8.02. The minimum Gasteiger partial charge on any atom is -0.414 e. The van der Waals surface area contributed by atoms with Gasteiger partial charge in [-0.05, 0) is 79.4 Å². The molecule has 0 aliphatic heterocycles. The van der Waals surface area contributed by atoms with Gasteiger partial charge in [0, 0.05) is 23.4 Å². The number of nitrogens with zero attached hydrogens (tertiary/aromatic N) is 5. The SMILES string of the molecule is Cc1nn2c(I)cnc2cc1-c1cnn(C2CCC(O[Si](C)(C)C(C)(C)C)CC2)c1. The van der Waals surface area contributed by atoms with E-state index in [0.29, 0.717) is 12.1 Å². The van der Waals surface area contributed by atoms with Crippen molar-refractivity contribution in [3.8, 4) is 11.1 Å². The molecule has 6 nitrogen and oxygen atoms in total. The van der Waals surface area contributed by atoms with E-state index in [1.165, 1.54) is 0 Å². The van der Waals surface area contributed by atoms with Gasteiger partial charge in [0.15, 0.2) is 14.0 Å². The van der Waals surface area contributed by atoms with Gasteiger partial charge in [-0.1, -0.05) is 20.8 Å². The molecule has 0 aromatic carbocycles. The third-order valence-electron chi connectivity index (χ3n) is 6.83. The van der Waals surface area contributed by atoms with Crippen molar-refractivity contribution in [3.05, 3.63) is 34.1 Å². The van der Waals surface area contributed by atoms with E-state index in [-0.39, 0.29) is 5.04 Å². The highest BCUT2D eigenvalue weighted by Crippen LogP contribution is 2.40. The van der Waals surface area contributed by atoms with Crippen molar-refractivity contribution in [3.63, 3.8) is 0 Å². The van der Waals surface area contributed by atoms with E-state index < -0.39 is 8.32 Å². The monoisotopic (exact) mass is 537 g/mol. The van der Waals surface area contributed by atoms with E-state index in [2.05, 4.69) is 78.4 Å². The van der Waals surface area contributed by atoms with Gasteiger partial charge >= 0.3 is 0 Å². The third-order valence-corrected chi connectivity index (χ3v) is 12.1. The van der Waals surface area contributed by atoms with Gasteiger partial charge in [-0.2, -0.15) is 10.2 Å².